The molecule has 27 heavy (non-hydrogen) atoms. The van der Waals surface area contributed by atoms with E-state index in [4.69, 9.17) is 5.11 Å². The first-order valence-corrected chi connectivity index (χ1v) is 8.83. The van der Waals surface area contributed by atoms with E-state index in [9.17, 15) is 14.7 Å². The van der Waals surface area contributed by atoms with Crippen molar-refractivity contribution in [3.05, 3.63) is 58.7 Å². The predicted molar refractivity (Wildman–Crippen MR) is 107 cm³/mol. The molecule has 0 saturated heterocycles. The van der Waals surface area contributed by atoms with Gasteiger partial charge in [-0.3, -0.25) is 4.79 Å². The number of amides is 1. The van der Waals surface area contributed by atoms with Crippen molar-refractivity contribution in [2.45, 2.75) is 52.4 Å². The summed E-state index contributed by atoms with van der Waals surface area (Å²) in [5.74, 6) is -1.25. The van der Waals surface area contributed by atoms with Crippen LogP contribution in [0.5, 0.6) is 5.75 Å². The smallest absolute Gasteiger partial charge is 0.335 e. The van der Waals surface area contributed by atoms with E-state index in [0.29, 0.717) is 5.69 Å². The molecule has 0 aliphatic rings. The number of phenols is 1. The number of benzene rings is 2. The monoisotopic (exact) mass is 369 g/mol. The third-order valence-electron chi connectivity index (χ3n) is 4.36. The van der Waals surface area contributed by atoms with Crippen molar-refractivity contribution in [3.8, 4) is 5.75 Å². The minimum Gasteiger partial charge on any atom is -0.507 e. The zero-order valence-electron chi connectivity index (χ0n) is 16.7. The Bertz CT molecular complexity index is 851. The molecular formula is C22H27NO4. The van der Waals surface area contributed by atoms with E-state index >= 15 is 0 Å². The van der Waals surface area contributed by atoms with Crippen LogP contribution >= 0.6 is 0 Å². The zero-order chi connectivity index (χ0) is 20.6. The molecule has 0 saturated carbocycles. The van der Waals surface area contributed by atoms with Crippen molar-refractivity contribution < 1.29 is 19.8 Å². The van der Waals surface area contributed by atoms with Gasteiger partial charge in [0.1, 0.15) is 5.75 Å². The third-order valence-corrected chi connectivity index (χ3v) is 4.36. The molecule has 0 fully saturated rings. The van der Waals surface area contributed by atoms with E-state index in [1.54, 1.807) is 18.2 Å². The highest BCUT2D eigenvalue weighted by molar-refractivity contribution is 6.05. The number of rotatable bonds is 3. The molecule has 0 aliphatic carbocycles. The number of aromatic carboxylic acids is 1. The summed E-state index contributed by atoms with van der Waals surface area (Å²) in [4.78, 5) is 23.8. The second kappa shape index (κ2) is 7.06. The van der Waals surface area contributed by atoms with E-state index < -0.39 is 11.9 Å². The van der Waals surface area contributed by atoms with E-state index in [1.807, 2.05) is 41.5 Å². The molecule has 2 aromatic carbocycles. The quantitative estimate of drug-likeness (QED) is 0.669. The number of nitrogens with one attached hydrogen (secondary N) is 1. The lowest BCUT2D eigenvalue weighted by atomic mass is 9.79. The van der Waals surface area contributed by atoms with Crippen molar-refractivity contribution in [3.63, 3.8) is 0 Å². The normalized spacial score (nSPS) is 11.9. The van der Waals surface area contributed by atoms with Crippen molar-refractivity contribution >= 4 is 17.6 Å². The highest BCUT2D eigenvalue weighted by Gasteiger charge is 2.27. The summed E-state index contributed by atoms with van der Waals surface area (Å²) < 4.78 is 0. The van der Waals surface area contributed by atoms with Crippen LogP contribution in [0.15, 0.2) is 36.4 Å². The number of carboxylic acids is 1. The Morgan fingerprint density at radius 2 is 1.33 bits per heavy atom. The van der Waals surface area contributed by atoms with Crippen LogP contribution in [-0.2, 0) is 10.8 Å². The van der Waals surface area contributed by atoms with Gasteiger partial charge in [-0.2, -0.15) is 0 Å². The molecule has 0 atom stereocenters. The van der Waals surface area contributed by atoms with Gasteiger partial charge in [0.15, 0.2) is 0 Å². The fraction of sp³-hybridized carbons (Fsp3) is 0.364. The maximum absolute atomic E-state index is 12.6. The summed E-state index contributed by atoms with van der Waals surface area (Å²) in [7, 11) is 0. The summed E-state index contributed by atoms with van der Waals surface area (Å²) in [5.41, 5.74) is 1.74. The SMILES string of the molecule is CC(C)(C)c1cc(NC(=O)c2cccc(C(=O)O)c2)cc(C(C)(C)C)c1O. The first-order valence-electron chi connectivity index (χ1n) is 8.83. The first kappa shape index (κ1) is 20.5. The van der Waals surface area contributed by atoms with Crippen LogP contribution in [0.4, 0.5) is 5.69 Å². The number of hydrogen-bond donors (Lipinski definition) is 3. The number of aromatic hydroxyl groups is 1. The van der Waals surface area contributed by atoms with Gasteiger partial charge in [0, 0.05) is 22.4 Å². The average Bonchev–Trinajstić information content (AvgIpc) is 2.54. The largest absolute Gasteiger partial charge is 0.507 e. The lowest BCUT2D eigenvalue weighted by Gasteiger charge is -2.28. The number of phenolic OH excluding ortho intramolecular Hbond substituents is 1. The van der Waals surface area contributed by atoms with Crippen molar-refractivity contribution in [1.82, 2.24) is 0 Å². The minimum atomic E-state index is -1.08. The molecule has 0 bridgehead atoms. The Labute approximate surface area is 160 Å². The average molecular weight is 369 g/mol. The van der Waals surface area contributed by atoms with Crippen LogP contribution in [0.25, 0.3) is 0 Å². The van der Waals surface area contributed by atoms with Crippen LogP contribution < -0.4 is 5.32 Å². The van der Waals surface area contributed by atoms with E-state index in [0.717, 1.165) is 11.1 Å². The molecule has 2 aromatic rings. The maximum atomic E-state index is 12.6. The second-order valence-corrected chi connectivity index (χ2v) is 8.76. The predicted octanol–water partition coefficient (Wildman–Crippen LogP) is 4.94. The lowest BCUT2D eigenvalue weighted by Crippen LogP contribution is -2.19. The molecule has 0 heterocycles. The summed E-state index contributed by atoms with van der Waals surface area (Å²) >= 11 is 0. The maximum Gasteiger partial charge on any atom is 0.335 e. The fourth-order valence-corrected chi connectivity index (χ4v) is 2.85. The Morgan fingerprint density at radius 3 is 1.78 bits per heavy atom. The number of anilines is 1. The Balaban J connectivity index is 2.48. The molecule has 0 aromatic heterocycles. The minimum absolute atomic E-state index is 0.0547. The van der Waals surface area contributed by atoms with Gasteiger partial charge in [0.2, 0.25) is 0 Å². The van der Waals surface area contributed by atoms with Crippen molar-refractivity contribution in [2.24, 2.45) is 0 Å². The number of hydrogen-bond acceptors (Lipinski definition) is 3. The molecule has 0 spiro atoms. The molecule has 5 nitrogen and oxygen atoms in total. The molecule has 1 amide bonds. The highest BCUT2D eigenvalue weighted by atomic mass is 16.4. The Kier molecular flexibility index (Phi) is 5.36. The molecule has 0 radical (unpaired) electrons. The Morgan fingerprint density at radius 1 is 0.852 bits per heavy atom. The fourth-order valence-electron chi connectivity index (χ4n) is 2.85. The summed E-state index contributed by atoms with van der Waals surface area (Å²) in [6.45, 7) is 12.0. The van der Waals surface area contributed by atoms with Crippen LogP contribution in [0.3, 0.4) is 0 Å². The van der Waals surface area contributed by atoms with E-state index in [-0.39, 0.29) is 27.7 Å². The van der Waals surface area contributed by atoms with E-state index in [2.05, 4.69) is 5.32 Å². The Hall–Kier alpha value is -2.82. The van der Waals surface area contributed by atoms with Crippen LogP contribution in [0.1, 0.15) is 73.4 Å². The van der Waals surface area contributed by atoms with Gasteiger partial charge in [-0.1, -0.05) is 47.6 Å². The number of carbonyl (C=O) groups excluding carboxylic acids is 1. The lowest BCUT2D eigenvalue weighted by molar-refractivity contribution is 0.0697. The van der Waals surface area contributed by atoms with Gasteiger partial charge >= 0.3 is 5.97 Å². The van der Waals surface area contributed by atoms with Crippen LogP contribution in [0, 0.1) is 0 Å². The molecule has 3 N–H and O–H groups in total. The molecule has 5 heteroatoms. The topological polar surface area (TPSA) is 86.6 Å². The highest BCUT2D eigenvalue weighted by Crippen LogP contribution is 2.41. The molecular weight excluding hydrogens is 342 g/mol. The van der Waals surface area contributed by atoms with Crippen molar-refractivity contribution in [1.29, 1.82) is 0 Å². The molecule has 0 unspecified atom stereocenters. The summed E-state index contributed by atoms with van der Waals surface area (Å²) in [5, 5.41) is 22.7. The third kappa shape index (κ3) is 4.67. The number of carboxylic acid groups (broad SMARTS) is 1. The van der Waals surface area contributed by atoms with Gasteiger partial charge in [0.05, 0.1) is 5.56 Å². The van der Waals surface area contributed by atoms with E-state index in [1.165, 1.54) is 18.2 Å². The zero-order valence-corrected chi connectivity index (χ0v) is 16.7. The van der Waals surface area contributed by atoms with Gasteiger partial charge < -0.3 is 15.5 Å². The van der Waals surface area contributed by atoms with Gasteiger partial charge in [-0.25, -0.2) is 4.79 Å². The van der Waals surface area contributed by atoms with Gasteiger partial charge in [0.25, 0.3) is 5.91 Å². The van der Waals surface area contributed by atoms with Crippen LogP contribution in [0.2, 0.25) is 0 Å². The summed E-state index contributed by atoms with van der Waals surface area (Å²) in [6, 6.07) is 9.42. The molecule has 0 aliphatic heterocycles. The number of carbonyl (C=O) groups is 2. The van der Waals surface area contributed by atoms with Crippen molar-refractivity contribution in [2.75, 3.05) is 5.32 Å². The standard InChI is InChI=1S/C22H27NO4/c1-21(2,3)16-11-15(12-17(18(16)24)22(4,5)6)23-19(25)13-8-7-9-14(10-13)20(26)27/h7-12,24H,1-6H3,(H,23,25)(H,26,27). The van der Waals surface area contributed by atoms with Crippen LogP contribution in [-0.4, -0.2) is 22.1 Å². The molecule has 2 rings (SSSR count). The van der Waals surface area contributed by atoms with Gasteiger partial charge in [-0.05, 0) is 41.2 Å². The first-order chi connectivity index (χ1) is 12.3. The second-order valence-electron chi connectivity index (χ2n) is 8.76. The molecule has 144 valence electrons. The van der Waals surface area contributed by atoms with Gasteiger partial charge in [-0.15, -0.1) is 0 Å². The summed E-state index contributed by atoms with van der Waals surface area (Å²) in [6.07, 6.45) is 0.